The highest BCUT2D eigenvalue weighted by Gasteiger charge is 2.53. The summed E-state index contributed by atoms with van der Waals surface area (Å²) in [5, 5.41) is 0. The van der Waals surface area contributed by atoms with Gasteiger partial charge in [-0.15, -0.1) is 0 Å². The Bertz CT molecular complexity index is 428. The highest BCUT2D eigenvalue weighted by atomic mass is 32.2. The van der Waals surface area contributed by atoms with Crippen molar-refractivity contribution in [3.63, 3.8) is 0 Å². The molecule has 4 bridgehead atoms. The third-order valence-electron chi connectivity index (χ3n) is 5.33. The van der Waals surface area contributed by atoms with Gasteiger partial charge in [-0.25, -0.2) is 8.42 Å². The van der Waals surface area contributed by atoms with Gasteiger partial charge in [-0.05, 0) is 56.3 Å². The summed E-state index contributed by atoms with van der Waals surface area (Å²) in [6.45, 7) is 0. The van der Waals surface area contributed by atoms with E-state index < -0.39 is 9.84 Å². The van der Waals surface area contributed by atoms with E-state index in [0.29, 0.717) is 0 Å². The summed E-state index contributed by atoms with van der Waals surface area (Å²) < 4.78 is 22.4. The van der Waals surface area contributed by atoms with E-state index >= 15 is 0 Å². The molecular weight excluding hydrogens is 248 g/mol. The normalized spacial score (nSPS) is 42.2. The molecule has 0 spiro atoms. The van der Waals surface area contributed by atoms with E-state index in [0.717, 1.165) is 37.0 Å². The van der Waals surface area contributed by atoms with Crippen LogP contribution in [0.5, 0.6) is 0 Å². The van der Waals surface area contributed by atoms with Gasteiger partial charge in [-0.3, -0.25) is 4.79 Å². The van der Waals surface area contributed by atoms with Crippen molar-refractivity contribution in [1.29, 1.82) is 0 Å². The first-order valence-corrected chi connectivity index (χ1v) is 9.13. The van der Waals surface area contributed by atoms with Crippen LogP contribution in [0, 0.1) is 23.2 Å². The third-order valence-corrected chi connectivity index (χ3v) is 6.28. The number of carbonyl (C=O) groups excluding carboxylic acids is 1. The van der Waals surface area contributed by atoms with Gasteiger partial charge in [0.05, 0.1) is 5.75 Å². The van der Waals surface area contributed by atoms with Gasteiger partial charge >= 0.3 is 0 Å². The average molecular weight is 270 g/mol. The van der Waals surface area contributed by atoms with Crippen LogP contribution in [0.4, 0.5) is 0 Å². The van der Waals surface area contributed by atoms with Crippen LogP contribution in [0.25, 0.3) is 0 Å². The van der Waals surface area contributed by atoms with Gasteiger partial charge < -0.3 is 0 Å². The molecule has 4 saturated carbocycles. The summed E-state index contributed by atoms with van der Waals surface area (Å²) in [7, 11) is -3.01. The van der Waals surface area contributed by atoms with Crippen LogP contribution in [0.2, 0.25) is 0 Å². The lowest BCUT2D eigenvalue weighted by molar-refractivity contribution is -0.143. The molecule has 0 aromatic carbocycles. The van der Waals surface area contributed by atoms with Gasteiger partial charge in [0.15, 0.2) is 0 Å². The number of rotatable bonds is 4. The maximum absolute atomic E-state index is 12.5. The Labute approximate surface area is 109 Å². The molecule has 4 heteroatoms. The van der Waals surface area contributed by atoms with Crippen molar-refractivity contribution in [2.75, 3.05) is 12.0 Å². The molecular formula is C14H22O3S. The van der Waals surface area contributed by atoms with Gasteiger partial charge in [0, 0.05) is 18.1 Å². The molecule has 4 rings (SSSR count). The first kappa shape index (κ1) is 12.6. The van der Waals surface area contributed by atoms with Crippen molar-refractivity contribution in [2.24, 2.45) is 23.2 Å². The smallest absolute Gasteiger partial charge is 0.147 e. The standard InChI is InChI=1S/C14H22O3S/c1-18(16,17)3-2-13(15)14-7-10-4-11(8-14)6-12(5-10)9-14/h10-12H,2-9H2,1H3. The molecule has 0 aromatic rings. The first-order valence-electron chi connectivity index (χ1n) is 7.07. The summed E-state index contributed by atoms with van der Waals surface area (Å²) in [5.74, 6) is 2.52. The second-order valence-electron chi connectivity index (χ2n) is 7.00. The summed E-state index contributed by atoms with van der Waals surface area (Å²) in [6, 6.07) is 0. The molecule has 0 radical (unpaired) electrons. The van der Waals surface area contributed by atoms with E-state index in [4.69, 9.17) is 0 Å². The summed E-state index contributed by atoms with van der Waals surface area (Å²) >= 11 is 0. The Morgan fingerprint density at radius 1 is 1.06 bits per heavy atom. The molecule has 0 aliphatic heterocycles. The van der Waals surface area contributed by atoms with E-state index in [-0.39, 0.29) is 23.4 Å². The van der Waals surface area contributed by atoms with Crippen molar-refractivity contribution < 1.29 is 13.2 Å². The Morgan fingerprint density at radius 3 is 1.89 bits per heavy atom. The molecule has 0 aromatic heterocycles. The quantitative estimate of drug-likeness (QED) is 0.787. The van der Waals surface area contributed by atoms with Crippen LogP contribution < -0.4 is 0 Å². The minimum Gasteiger partial charge on any atom is -0.299 e. The lowest BCUT2D eigenvalue weighted by Crippen LogP contribution is -2.50. The highest BCUT2D eigenvalue weighted by Crippen LogP contribution is 2.60. The zero-order chi connectivity index (χ0) is 13.0. The molecule has 0 N–H and O–H groups in total. The maximum Gasteiger partial charge on any atom is 0.147 e. The maximum atomic E-state index is 12.5. The van der Waals surface area contributed by atoms with E-state index in [1.807, 2.05) is 0 Å². The molecule has 4 fully saturated rings. The molecule has 102 valence electrons. The van der Waals surface area contributed by atoms with E-state index in [9.17, 15) is 13.2 Å². The van der Waals surface area contributed by atoms with Crippen molar-refractivity contribution in [3.8, 4) is 0 Å². The van der Waals surface area contributed by atoms with Crippen LogP contribution in [-0.4, -0.2) is 26.2 Å². The summed E-state index contributed by atoms with van der Waals surface area (Å²) in [6.07, 6.45) is 8.55. The number of hydrogen-bond donors (Lipinski definition) is 0. The van der Waals surface area contributed by atoms with Gasteiger partial charge in [-0.2, -0.15) is 0 Å². The van der Waals surface area contributed by atoms with Gasteiger partial charge in [0.2, 0.25) is 0 Å². The first-order chi connectivity index (χ1) is 8.36. The van der Waals surface area contributed by atoms with E-state index in [1.165, 1.54) is 25.5 Å². The Kier molecular flexibility index (Phi) is 2.85. The van der Waals surface area contributed by atoms with Crippen LogP contribution in [0.3, 0.4) is 0 Å². The Morgan fingerprint density at radius 2 is 1.50 bits per heavy atom. The van der Waals surface area contributed by atoms with Crippen molar-refractivity contribution in [3.05, 3.63) is 0 Å². The lowest BCUT2D eigenvalue weighted by Gasteiger charge is -2.56. The molecule has 4 aliphatic carbocycles. The van der Waals surface area contributed by atoms with Gasteiger partial charge in [0.25, 0.3) is 0 Å². The number of Topliss-reactive ketones (excluding diaryl/α,β-unsaturated/α-hetero) is 1. The van der Waals surface area contributed by atoms with Crippen LogP contribution in [0.1, 0.15) is 44.9 Å². The monoisotopic (exact) mass is 270 g/mol. The predicted octanol–water partition coefficient (Wildman–Crippen LogP) is 2.21. The molecule has 4 aliphatic rings. The van der Waals surface area contributed by atoms with Crippen molar-refractivity contribution in [1.82, 2.24) is 0 Å². The SMILES string of the molecule is CS(=O)(=O)CCC(=O)C12CC3CC(CC(C3)C1)C2. The number of ketones is 1. The fourth-order valence-corrected chi connectivity index (χ4v) is 5.55. The summed E-state index contributed by atoms with van der Waals surface area (Å²) in [4.78, 5) is 12.5. The second-order valence-corrected chi connectivity index (χ2v) is 9.26. The number of hydrogen-bond acceptors (Lipinski definition) is 3. The Balaban J connectivity index is 1.73. The second kappa shape index (κ2) is 4.06. The minimum atomic E-state index is -3.01. The predicted molar refractivity (Wildman–Crippen MR) is 69.9 cm³/mol. The van der Waals surface area contributed by atoms with Crippen molar-refractivity contribution >= 4 is 15.6 Å². The van der Waals surface area contributed by atoms with E-state index in [2.05, 4.69) is 0 Å². The average Bonchev–Trinajstić information content (AvgIpc) is 2.22. The number of carbonyl (C=O) groups is 1. The van der Waals surface area contributed by atoms with Crippen molar-refractivity contribution in [2.45, 2.75) is 44.9 Å². The molecule has 0 atom stereocenters. The van der Waals surface area contributed by atoms with Gasteiger partial charge in [-0.1, -0.05) is 0 Å². The molecule has 0 amide bonds. The van der Waals surface area contributed by atoms with Crippen LogP contribution in [0.15, 0.2) is 0 Å². The fraction of sp³-hybridized carbons (Fsp3) is 0.929. The third kappa shape index (κ3) is 2.24. The molecule has 3 nitrogen and oxygen atoms in total. The fourth-order valence-electron chi connectivity index (χ4n) is 5.00. The molecule has 18 heavy (non-hydrogen) atoms. The van der Waals surface area contributed by atoms with Gasteiger partial charge in [0.1, 0.15) is 15.6 Å². The highest BCUT2D eigenvalue weighted by molar-refractivity contribution is 7.90. The number of sulfone groups is 1. The largest absolute Gasteiger partial charge is 0.299 e. The molecule has 0 saturated heterocycles. The topological polar surface area (TPSA) is 51.2 Å². The lowest BCUT2D eigenvalue weighted by atomic mass is 9.48. The zero-order valence-electron chi connectivity index (χ0n) is 11.0. The molecule has 0 unspecified atom stereocenters. The van der Waals surface area contributed by atoms with E-state index in [1.54, 1.807) is 0 Å². The summed E-state index contributed by atoms with van der Waals surface area (Å²) in [5.41, 5.74) is -0.126. The Hall–Kier alpha value is -0.380. The minimum absolute atomic E-state index is 0.0353. The zero-order valence-corrected chi connectivity index (χ0v) is 11.8. The van der Waals surface area contributed by atoms with Crippen LogP contribution >= 0.6 is 0 Å². The van der Waals surface area contributed by atoms with Crippen LogP contribution in [-0.2, 0) is 14.6 Å². The molecule has 0 heterocycles.